The van der Waals surface area contributed by atoms with E-state index in [1.165, 1.54) is 0 Å². The van der Waals surface area contributed by atoms with Gasteiger partial charge >= 0.3 is 0 Å². The van der Waals surface area contributed by atoms with E-state index in [4.69, 9.17) is 0 Å². The van der Waals surface area contributed by atoms with Crippen molar-refractivity contribution in [2.24, 2.45) is 0 Å². The van der Waals surface area contributed by atoms with Gasteiger partial charge in [-0.25, -0.2) is 22.0 Å². The number of carbonyl (C=O) groups is 1. The molecule has 0 saturated carbocycles. The lowest BCUT2D eigenvalue weighted by atomic mass is 10.2. The average molecular weight is 287 g/mol. The van der Waals surface area contributed by atoms with Crippen LogP contribution in [0.1, 0.15) is 10.4 Å². The lowest BCUT2D eigenvalue weighted by molar-refractivity contribution is 0.102. The van der Waals surface area contributed by atoms with E-state index in [0.29, 0.717) is 18.2 Å². The highest BCUT2D eigenvalue weighted by Crippen LogP contribution is 2.17. The van der Waals surface area contributed by atoms with Gasteiger partial charge in [0, 0.05) is 17.3 Å². The van der Waals surface area contributed by atoms with E-state index in [1.807, 2.05) is 5.32 Å². The fourth-order valence-electron chi connectivity index (χ4n) is 1.52. The Morgan fingerprint density at radius 2 is 1.30 bits per heavy atom. The first kappa shape index (κ1) is 14.0. The normalized spacial score (nSPS) is 10.4. The van der Waals surface area contributed by atoms with Crippen molar-refractivity contribution >= 4 is 11.6 Å². The number of benzene rings is 2. The van der Waals surface area contributed by atoms with Gasteiger partial charge in [0.05, 0.1) is 0 Å². The highest BCUT2D eigenvalue weighted by molar-refractivity contribution is 6.04. The summed E-state index contributed by atoms with van der Waals surface area (Å²) in [5.41, 5.74) is -0.760. The van der Waals surface area contributed by atoms with Gasteiger partial charge in [-0.2, -0.15) is 0 Å². The van der Waals surface area contributed by atoms with Crippen LogP contribution < -0.4 is 5.32 Å². The number of hydrogen-bond donors (Lipinski definition) is 1. The molecular formula is C13H6F5NO. The molecule has 0 unspecified atom stereocenters. The molecule has 0 aromatic heterocycles. The molecule has 0 aliphatic rings. The van der Waals surface area contributed by atoms with Crippen molar-refractivity contribution in [2.45, 2.75) is 0 Å². The molecule has 0 atom stereocenters. The van der Waals surface area contributed by atoms with Crippen molar-refractivity contribution < 1.29 is 26.7 Å². The van der Waals surface area contributed by atoms with Gasteiger partial charge in [-0.15, -0.1) is 0 Å². The van der Waals surface area contributed by atoms with Gasteiger partial charge in [0.2, 0.25) is 0 Å². The highest BCUT2D eigenvalue weighted by Gasteiger charge is 2.15. The van der Waals surface area contributed by atoms with Gasteiger partial charge in [0.1, 0.15) is 11.6 Å². The molecular weight excluding hydrogens is 281 g/mol. The van der Waals surface area contributed by atoms with Crippen molar-refractivity contribution in [3.05, 3.63) is 65.0 Å². The Balaban J connectivity index is 2.28. The molecule has 2 aromatic carbocycles. The minimum absolute atomic E-state index is 0.238. The summed E-state index contributed by atoms with van der Waals surface area (Å²) < 4.78 is 64.4. The first-order chi connectivity index (χ1) is 9.36. The van der Waals surface area contributed by atoms with Crippen molar-refractivity contribution in [2.75, 3.05) is 5.32 Å². The minimum atomic E-state index is -1.71. The maximum Gasteiger partial charge on any atom is 0.255 e. The van der Waals surface area contributed by atoms with Crippen molar-refractivity contribution in [3.8, 4) is 0 Å². The third-order valence-electron chi connectivity index (χ3n) is 2.37. The molecule has 0 aliphatic heterocycles. The predicted molar refractivity (Wildman–Crippen MR) is 60.6 cm³/mol. The Bertz CT molecular complexity index is 643. The summed E-state index contributed by atoms with van der Waals surface area (Å²) in [7, 11) is 0. The summed E-state index contributed by atoms with van der Waals surface area (Å²) in [4.78, 5) is 11.6. The number of amides is 1. The highest BCUT2D eigenvalue weighted by atomic mass is 19.2. The molecule has 0 spiro atoms. The lowest BCUT2D eigenvalue weighted by Gasteiger charge is -2.06. The van der Waals surface area contributed by atoms with Gasteiger partial charge < -0.3 is 5.32 Å². The fraction of sp³-hybridized carbons (Fsp3) is 0. The van der Waals surface area contributed by atoms with E-state index in [-0.39, 0.29) is 5.69 Å². The van der Waals surface area contributed by atoms with Gasteiger partial charge in [-0.05, 0) is 24.3 Å². The molecule has 0 aliphatic carbocycles. The molecule has 7 heteroatoms. The predicted octanol–water partition coefficient (Wildman–Crippen LogP) is 3.63. The largest absolute Gasteiger partial charge is 0.322 e. The van der Waals surface area contributed by atoms with Gasteiger partial charge in [0.15, 0.2) is 17.5 Å². The summed E-state index contributed by atoms with van der Waals surface area (Å²) in [6.45, 7) is 0. The molecule has 2 rings (SSSR count). The first-order valence-corrected chi connectivity index (χ1v) is 5.29. The quantitative estimate of drug-likeness (QED) is 0.663. The number of nitrogens with one attached hydrogen (secondary N) is 1. The van der Waals surface area contributed by atoms with Crippen LogP contribution in [0.5, 0.6) is 0 Å². The molecule has 2 aromatic rings. The van der Waals surface area contributed by atoms with Gasteiger partial charge in [0.25, 0.3) is 5.91 Å². The maximum atomic E-state index is 13.0. The molecule has 0 saturated heterocycles. The van der Waals surface area contributed by atoms with Crippen LogP contribution in [0.3, 0.4) is 0 Å². The molecule has 0 bridgehead atoms. The molecule has 20 heavy (non-hydrogen) atoms. The van der Waals surface area contributed by atoms with Crippen LogP contribution in [-0.4, -0.2) is 5.91 Å². The van der Waals surface area contributed by atoms with Crippen molar-refractivity contribution in [1.82, 2.24) is 0 Å². The van der Waals surface area contributed by atoms with Gasteiger partial charge in [-0.3, -0.25) is 4.79 Å². The van der Waals surface area contributed by atoms with E-state index in [0.717, 1.165) is 12.1 Å². The summed E-state index contributed by atoms with van der Waals surface area (Å²) in [5.74, 6) is -7.69. The van der Waals surface area contributed by atoms with E-state index >= 15 is 0 Å². The second kappa shape index (κ2) is 5.28. The third-order valence-corrected chi connectivity index (χ3v) is 2.37. The zero-order valence-corrected chi connectivity index (χ0v) is 9.68. The van der Waals surface area contributed by atoms with Crippen LogP contribution in [0.2, 0.25) is 0 Å². The van der Waals surface area contributed by atoms with Crippen LogP contribution >= 0.6 is 0 Å². The molecule has 104 valence electrons. The number of carbonyl (C=O) groups excluding carboxylic acids is 1. The second-order valence-electron chi connectivity index (χ2n) is 3.87. The topological polar surface area (TPSA) is 29.1 Å². The first-order valence-electron chi connectivity index (χ1n) is 5.29. The van der Waals surface area contributed by atoms with Crippen molar-refractivity contribution in [1.29, 1.82) is 0 Å². The summed E-state index contributed by atoms with van der Waals surface area (Å²) >= 11 is 0. The number of halogens is 5. The van der Waals surface area contributed by atoms with Crippen LogP contribution in [0, 0.1) is 29.1 Å². The van der Waals surface area contributed by atoms with E-state index in [9.17, 15) is 26.7 Å². The Morgan fingerprint density at radius 3 is 1.80 bits per heavy atom. The van der Waals surface area contributed by atoms with Crippen LogP contribution in [-0.2, 0) is 0 Å². The molecule has 2 nitrogen and oxygen atoms in total. The number of anilines is 1. The SMILES string of the molecule is O=C(Nc1cc(F)cc(F)c1)c1cc(F)c(F)c(F)c1. The number of rotatable bonds is 2. The summed E-state index contributed by atoms with van der Waals surface area (Å²) in [5, 5.41) is 2.04. The standard InChI is InChI=1S/C13H6F5NO/c14-7-3-8(15)5-9(4-7)19-13(20)6-1-10(16)12(18)11(17)2-6/h1-5H,(H,19,20). The van der Waals surface area contributed by atoms with Crippen LogP contribution in [0.4, 0.5) is 27.6 Å². The minimum Gasteiger partial charge on any atom is -0.322 e. The van der Waals surface area contributed by atoms with Crippen molar-refractivity contribution in [3.63, 3.8) is 0 Å². The Kier molecular flexibility index (Phi) is 3.69. The Hall–Kier alpha value is -2.44. The zero-order chi connectivity index (χ0) is 14.9. The molecule has 0 radical (unpaired) electrons. The monoisotopic (exact) mass is 287 g/mol. The zero-order valence-electron chi connectivity index (χ0n) is 9.68. The molecule has 1 N–H and O–H groups in total. The van der Waals surface area contributed by atoms with Gasteiger partial charge in [-0.1, -0.05) is 0 Å². The fourth-order valence-corrected chi connectivity index (χ4v) is 1.52. The maximum absolute atomic E-state index is 13.0. The third kappa shape index (κ3) is 2.93. The summed E-state index contributed by atoms with van der Waals surface area (Å²) in [6, 6.07) is 3.17. The lowest BCUT2D eigenvalue weighted by Crippen LogP contribution is -2.13. The summed E-state index contributed by atoms with van der Waals surface area (Å²) in [6.07, 6.45) is 0. The average Bonchev–Trinajstić information content (AvgIpc) is 2.33. The molecule has 1 amide bonds. The second-order valence-corrected chi connectivity index (χ2v) is 3.87. The molecule has 0 heterocycles. The number of hydrogen-bond acceptors (Lipinski definition) is 1. The van der Waals surface area contributed by atoms with Crippen LogP contribution in [0.15, 0.2) is 30.3 Å². The van der Waals surface area contributed by atoms with Crippen LogP contribution in [0.25, 0.3) is 0 Å². The van der Waals surface area contributed by atoms with E-state index < -0.39 is 40.6 Å². The van der Waals surface area contributed by atoms with E-state index in [2.05, 4.69) is 0 Å². The smallest absolute Gasteiger partial charge is 0.255 e. The molecule has 0 fully saturated rings. The van der Waals surface area contributed by atoms with E-state index in [1.54, 1.807) is 0 Å². The Morgan fingerprint density at radius 1 is 0.800 bits per heavy atom. The Labute approximate surface area is 109 Å².